The van der Waals surface area contributed by atoms with Crippen molar-refractivity contribution in [1.29, 1.82) is 0 Å². The molecule has 124 valence electrons. The molecule has 1 saturated heterocycles. The maximum absolute atomic E-state index is 13.7. The minimum absolute atomic E-state index is 0.00400. The standard InChI is InChI=1S/C17H16FN3O3/c18-15-6-11(3-4-13(15)10-22)14-7-19-17(20-8-14)21-5-1-2-12(9-21)16(23)24/h3-4,6-8,10,12H,1-2,5,9H2,(H,23,24). The van der Waals surface area contributed by atoms with E-state index in [0.29, 0.717) is 42.9 Å². The second-order valence-corrected chi connectivity index (χ2v) is 5.75. The van der Waals surface area contributed by atoms with Crippen LogP contribution in [0, 0.1) is 11.7 Å². The first kappa shape index (κ1) is 16.0. The molecule has 2 heterocycles. The Hall–Kier alpha value is -2.83. The van der Waals surface area contributed by atoms with Crippen molar-refractivity contribution in [2.24, 2.45) is 5.92 Å². The van der Waals surface area contributed by atoms with Gasteiger partial charge in [-0.15, -0.1) is 0 Å². The fourth-order valence-corrected chi connectivity index (χ4v) is 2.80. The molecule has 1 aromatic carbocycles. The lowest BCUT2D eigenvalue weighted by Crippen LogP contribution is -2.39. The van der Waals surface area contributed by atoms with Gasteiger partial charge in [-0.3, -0.25) is 9.59 Å². The number of carbonyl (C=O) groups excluding carboxylic acids is 1. The maximum Gasteiger partial charge on any atom is 0.308 e. The summed E-state index contributed by atoms with van der Waals surface area (Å²) in [7, 11) is 0. The van der Waals surface area contributed by atoms with Crippen LogP contribution in [0.25, 0.3) is 11.1 Å². The fraction of sp³-hybridized carbons (Fsp3) is 0.294. The highest BCUT2D eigenvalue weighted by molar-refractivity contribution is 5.77. The second kappa shape index (κ2) is 6.74. The lowest BCUT2D eigenvalue weighted by Gasteiger charge is -2.30. The molecule has 1 fully saturated rings. The Morgan fingerprint density at radius 2 is 2.04 bits per heavy atom. The van der Waals surface area contributed by atoms with Gasteiger partial charge in [-0.1, -0.05) is 6.07 Å². The number of hydrogen-bond donors (Lipinski definition) is 1. The van der Waals surface area contributed by atoms with E-state index >= 15 is 0 Å². The van der Waals surface area contributed by atoms with Crippen molar-refractivity contribution in [3.63, 3.8) is 0 Å². The molecule has 1 atom stereocenters. The van der Waals surface area contributed by atoms with Crippen molar-refractivity contribution < 1.29 is 19.1 Å². The number of benzene rings is 1. The van der Waals surface area contributed by atoms with Crippen molar-refractivity contribution in [1.82, 2.24) is 9.97 Å². The van der Waals surface area contributed by atoms with Gasteiger partial charge in [0.25, 0.3) is 0 Å². The van der Waals surface area contributed by atoms with E-state index in [0.717, 1.165) is 6.42 Å². The molecule has 0 spiro atoms. The Morgan fingerprint density at radius 1 is 1.29 bits per heavy atom. The number of nitrogens with zero attached hydrogens (tertiary/aromatic N) is 3. The zero-order chi connectivity index (χ0) is 17.1. The zero-order valence-electron chi connectivity index (χ0n) is 12.9. The second-order valence-electron chi connectivity index (χ2n) is 5.75. The third-order valence-corrected chi connectivity index (χ3v) is 4.15. The number of rotatable bonds is 4. The summed E-state index contributed by atoms with van der Waals surface area (Å²) in [5.41, 5.74) is 1.21. The Bertz CT molecular complexity index is 764. The van der Waals surface area contributed by atoms with E-state index in [-0.39, 0.29) is 5.56 Å². The third kappa shape index (κ3) is 3.24. The molecular weight excluding hydrogens is 313 g/mol. The average Bonchev–Trinajstić information content (AvgIpc) is 2.62. The van der Waals surface area contributed by atoms with E-state index in [9.17, 15) is 14.0 Å². The van der Waals surface area contributed by atoms with Gasteiger partial charge in [-0.2, -0.15) is 0 Å². The van der Waals surface area contributed by atoms with Crippen molar-refractivity contribution in [3.8, 4) is 11.1 Å². The van der Waals surface area contributed by atoms with E-state index in [4.69, 9.17) is 5.11 Å². The number of hydrogen-bond acceptors (Lipinski definition) is 5. The molecule has 0 aliphatic carbocycles. The monoisotopic (exact) mass is 329 g/mol. The van der Waals surface area contributed by atoms with Gasteiger partial charge in [0.1, 0.15) is 5.82 Å². The average molecular weight is 329 g/mol. The van der Waals surface area contributed by atoms with E-state index in [1.807, 2.05) is 4.90 Å². The van der Waals surface area contributed by atoms with Crippen LogP contribution in [0.3, 0.4) is 0 Å². The summed E-state index contributed by atoms with van der Waals surface area (Å²) in [4.78, 5) is 32.2. The smallest absolute Gasteiger partial charge is 0.308 e. The first-order valence-corrected chi connectivity index (χ1v) is 7.63. The summed E-state index contributed by atoms with van der Waals surface area (Å²) < 4.78 is 13.7. The molecule has 3 rings (SSSR count). The molecule has 0 bridgehead atoms. The number of aromatic nitrogens is 2. The predicted octanol–water partition coefficient (Wildman–Crippen LogP) is 2.40. The van der Waals surface area contributed by atoms with Crippen LogP contribution in [0.4, 0.5) is 10.3 Å². The van der Waals surface area contributed by atoms with Crippen LogP contribution in [-0.4, -0.2) is 40.4 Å². The largest absolute Gasteiger partial charge is 0.481 e. The molecule has 1 N–H and O–H groups in total. The molecule has 0 amide bonds. The Morgan fingerprint density at radius 3 is 2.67 bits per heavy atom. The van der Waals surface area contributed by atoms with E-state index in [2.05, 4.69) is 9.97 Å². The molecule has 0 saturated carbocycles. The van der Waals surface area contributed by atoms with Crippen LogP contribution < -0.4 is 4.90 Å². The summed E-state index contributed by atoms with van der Waals surface area (Å²) in [5, 5.41) is 9.14. The van der Waals surface area contributed by atoms with Gasteiger partial charge >= 0.3 is 5.97 Å². The first-order valence-electron chi connectivity index (χ1n) is 7.63. The minimum atomic E-state index is -0.804. The van der Waals surface area contributed by atoms with Crippen LogP contribution >= 0.6 is 0 Å². The highest BCUT2D eigenvalue weighted by Gasteiger charge is 2.26. The highest BCUT2D eigenvalue weighted by Crippen LogP contribution is 2.24. The van der Waals surface area contributed by atoms with Gasteiger partial charge in [0, 0.05) is 31.0 Å². The topological polar surface area (TPSA) is 83.4 Å². The summed E-state index contributed by atoms with van der Waals surface area (Å²) in [6.07, 6.45) is 5.05. The Labute approximate surface area is 138 Å². The SMILES string of the molecule is O=Cc1ccc(-c2cnc(N3CCCC(C(=O)O)C3)nc2)cc1F. The van der Waals surface area contributed by atoms with E-state index < -0.39 is 17.7 Å². The zero-order valence-corrected chi connectivity index (χ0v) is 12.9. The first-order chi connectivity index (χ1) is 11.6. The molecule has 6 nitrogen and oxygen atoms in total. The van der Waals surface area contributed by atoms with Gasteiger partial charge in [0.05, 0.1) is 11.5 Å². The molecule has 2 aromatic rings. The fourth-order valence-electron chi connectivity index (χ4n) is 2.80. The van der Waals surface area contributed by atoms with Gasteiger partial charge in [-0.05, 0) is 30.5 Å². The number of aliphatic carboxylic acids is 1. The Kier molecular flexibility index (Phi) is 4.50. The number of carboxylic acids is 1. The molecule has 1 aromatic heterocycles. The van der Waals surface area contributed by atoms with Crippen LogP contribution in [0.1, 0.15) is 23.2 Å². The summed E-state index contributed by atoms with van der Waals surface area (Å²) >= 11 is 0. The quantitative estimate of drug-likeness (QED) is 0.867. The van der Waals surface area contributed by atoms with Crippen LogP contribution in [0.2, 0.25) is 0 Å². The molecule has 1 aliphatic rings. The van der Waals surface area contributed by atoms with Crippen LogP contribution in [0.5, 0.6) is 0 Å². The van der Waals surface area contributed by atoms with Crippen molar-refractivity contribution in [2.75, 3.05) is 18.0 Å². The molecular formula is C17H16FN3O3. The van der Waals surface area contributed by atoms with Gasteiger partial charge in [0.15, 0.2) is 6.29 Å². The Balaban J connectivity index is 1.79. The summed E-state index contributed by atoms with van der Waals surface area (Å²) in [5.74, 6) is -1.34. The number of piperidine rings is 1. The lowest BCUT2D eigenvalue weighted by molar-refractivity contribution is -0.141. The van der Waals surface area contributed by atoms with Crippen LogP contribution in [0.15, 0.2) is 30.6 Å². The number of carboxylic acid groups (broad SMARTS) is 1. The highest BCUT2D eigenvalue weighted by atomic mass is 19.1. The number of anilines is 1. The van der Waals surface area contributed by atoms with Gasteiger partial charge in [-0.25, -0.2) is 14.4 Å². The molecule has 1 aliphatic heterocycles. The number of carbonyl (C=O) groups is 2. The van der Waals surface area contributed by atoms with Crippen molar-refractivity contribution in [2.45, 2.75) is 12.8 Å². The van der Waals surface area contributed by atoms with Crippen molar-refractivity contribution in [3.05, 3.63) is 42.0 Å². The van der Waals surface area contributed by atoms with Crippen LogP contribution in [-0.2, 0) is 4.79 Å². The number of halogens is 1. The predicted molar refractivity (Wildman–Crippen MR) is 85.4 cm³/mol. The third-order valence-electron chi connectivity index (χ3n) is 4.15. The normalized spacial score (nSPS) is 17.5. The minimum Gasteiger partial charge on any atom is -0.481 e. The number of aldehydes is 1. The molecule has 7 heteroatoms. The van der Waals surface area contributed by atoms with Crippen molar-refractivity contribution >= 4 is 18.2 Å². The van der Waals surface area contributed by atoms with E-state index in [1.165, 1.54) is 12.1 Å². The lowest BCUT2D eigenvalue weighted by atomic mass is 9.99. The molecule has 1 unspecified atom stereocenters. The summed E-state index contributed by atoms with van der Waals surface area (Å²) in [6.45, 7) is 1.10. The van der Waals surface area contributed by atoms with E-state index in [1.54, 1.807) is 18.5 Å². The maximum atomic E-state index is 13.7. The molecule has 24 heavy (non-hydrogen) atoms. The summed E-state index contributed by atoms with van der Waals surface area (Å²) in [6, 6.07) is 4.31. The van der Waals surface area contributed by atoms with Gasteiger partial charge < -0.3 is 10.0 Å². The molecule has 0 radical (unpaired) electrons. The van der Waals surface area contributed by atoms with Gasteiger partial charge in [0.2, 0.25) is 5.95 Å².